The Morgan fingerprint density at radius 1 is 0.952 bits per heavy atom. The largest absolute Gasteiger partial charge is 0.340 e. The second-order valence-corrected chi connectivity index (χ2v) is 5.81. The highest BCUT2D eigenvalue weighted by molar-refractivity contribution is 5.94. The van der Waals surface area contributed by atoms with Crippen LogP contribution in [0, 0.1) is 13.8 Å². The smallest absolute Gasteiger partial charge is 0.197 e. The van der Waals surface area contributed by atoms with E-state index in [0.717, 1.165) is 41.2 Å². The number of unbranched alkanes of at least 4 members (excludes halogenated alkanes) is 1. The number of aromatic nitrogens is 1. The number of pyridine rings is 1. The van der Waals surface area contributed by atoms with E-state index >= 15 is 0 Å². The first-order chi connectivity index (χ1) is 10.1. The molecule has 0 fully saturated rings. The van der Waals surface area contributed by atoms with Crippen LogP contribution in [0.4, 0.5) is 0 Å². The highest BCUT2D eigenvalue weighted by Gasteiger charge is 2.11. The van der Waals surface area contributed by atoms with Crippen molar-refractivity contribution in [2.45, 2.75) is 40.2 Å². The van der Waals surface area contributed by atoms with Crippen LogP contribution in [0.3, 0.4) is 0 Å². The molecule has 1 heterocycles. The summed E-state index contributed by atoms with van der Waals surface area (Å²) in [7, 11) is 0. The van der Waals surface area contributed by atoms with E-state index in [1.807, 2.05) is 24.3 Å². The average molecular weight is 279 g/mol. The predicted octanol–water partition coefficient (Wildman–Crippen LogP) is 4.57. The Labute approximate surface area is 125 Å². The Kier molecular flexibility index (Phi) is 3.54. The van der Waals surface area contributed by atoms with Gasteiger partial charge in [-0.1, -0.05) is 25.5 Å². The summed E-state index contributed by atoms with van der Waals surface area (Å²) < 4.78 is 2.31. The van der Waals surface area contributed by atoms with Gasteiger partial charge in [-0.15, -0.1) is 0 Å². The third-order valence-corrected chi connectivity index (χ3v) is 4.32. The van der Waals surface area contributed by atoms with E-state index in [1.165, 1.54) is 11.1 Å². The minimum absolute atomic E-state index is 0.149. The lowest BCUT2D eigenvalue weighted by atomic mass is 10.0. The molecule has 3 rings (SSSR count). The molecular formula is C19H21NO. The molecule has 3 aromatic rings. The van der Waals surface area contributed by atoms with Crippen LogP contribution < -0.4 is 5.43 Å². The molecule has 0 N–H and O–H groups in total. The SMILES string of the molecule is CCCCn1c2ccccc2c(=O)c2cc(C)c(C)cc21. The Balaban J connectivity index is 2.49. The highest BCUT2D eigenvalue weighted by atomic mass is 16.1. The molecule has 0 amide bonds. The molecule has 2 heteroatoms. The number of hydrogen-bond donors (Lipinski definition) is 0. The Hall–Kier alpha value is -2.09. The van der Waals surface area contributed by atoms with Crippen LogP contribution in [0.25, 0.3) is 21.8 Å². The maximum absolute atomic E-state index is 12.8. The van der Waals surface area contributed by atoms with E-state index in [2.05, 4.69) is 37.5 Å². The summed E-state index contributed by atoms with van der Waals surface area (Å²) in [5, 5.41) is 1.66. The van der Waals surface area contributed by atoms with E-state index < -0.39 is 0 Å². The number of nitrogens with zero attached hydrogens (tertiary/aromatic N) is 1. The molecule has 2 nitrogen and oxygen atoms in total. The van der Waals surface area contributed by atoms with Crippen LogP contribution >= 0.6 is 0 Å². The molecule has 0 radical (unpaired) electrons. The molecule has 21 heavy (non-hydrogen) atoms. The fourth-order valence-corrected chi connectivity index (χ4v) is 2.94. The zero-order chi connectivity index (χ0) is 15.0. The van der Waals surface area contributed by atoms with Crippen LogP contribution in [0.1, 0.15) is 30.9 Å². The number of para-hydroxylation sites is 1. The van der Waals surface area contributed by atoms with Crippen molar-refractivity contribution in [1.82, 2.24) is 4.57 Å². The van der Waals surface area contributed by atoms with Gasteiger partial charge in [0, 0.05) is 17.3 Å². The Morgan fingerprint density at radius 2 is 1.67 bits per heavy atom. The minimum atomic E-state index is 0.149. The standard InChI is InChI=1S/C19H21NO/c1-4-5-10-20-17-9-7-6-8-15(17)19(21)16-11-13(2)14(3)12-18(16)20/h6-9,11-12H,4-5,10H2,1-3H3. The zero-order valence-electron chi connectivity index (χ0n) is 12.9. The summed E-state index contributed by atoms with van der Waals surface area (Å²) in [5.74, 6) is 0. The molecule has 0 aliphatic carbocycles. The van der Waals surface area contributed by atoms with Gasteiger partial charge in [0.05, 0.1) is 11.0 Å². The molecule has 0 aliphatic rings. The summed E-state index contributed by atoms with van der Waals surface area (Å²) in [6.07, 6.45) is 2.27. The van der Waals surface area contributed by atoms with E-state index in [-0.39, 0.29) is 5.43 Å². The maximum Gasteiger partial charge on any atom is 0.197 e. The first kappa shape index (κ1) is 13.9. The molecule has 0 bridgehead atoms. The van der Waals surface area contributed by atoms with Gasteiger partial charge in [-0.05, 0) is 55.7 Å². The molecule has 0 saturated heterocycles. The lowest BCUT2D eigenvalue weighted by Gasteiger charge is -2.16. The van der Waals surface area contributed by atoms with Gasteiger partial charge in [-0.2, -0.15) is 0 Å². The average Bonchev–Trinajstić information content (AvgIpc) is 2.49. The highest BCUT2D eigenvalue weighted by Crippen LogP contribution is 2.22. The summed E-state index contributed by atoms with van der Waals surface area (Å²) >= 11 is 0. The van der Waals surface area contributed by atoms with Gasteiger partial charge in [0.25, 0.3) is 0 Å². The second kappa shape index (κ2) is 5.36. The van der Waals surface area contributed by atoms with Crippen molar-refractivity contribution >= 4 is 21.8 Å². The van der Waals surface area contributed by atoms with Crippen molar-refractivity contribution < 1.29 is 0 Å². The minimum Gasteiger partial charge on any atom is -0.340 e. The van der Waals surface area contributed by atoms with Crippen molar-refractivity contribution in [1.29, 1.82) is 0 Å². The first-order valence-electron chi connectivity index (χ1n) is 7.66. The summed E-state index contributed by atoms with van der Waals surface area (Å²) in [6, 6.07) is 12.2. The summed E-state index contributed by atoms with van der Waals surface area (Å²) in [4.78, 5) is 12.8. The molecule has 0 spiro atoms. The number of hydrogen-bond acceptors (Lipinski definition) is 1. The van der Waals surface area contributed by atoms with Crippen molar-refractivity contribution in [2.24, 2.45) is 0 Å². The van der Waals surface area contributed by atoms with E-state index in [9.17, 15) is 4.79 Å². The monoisotopic (exact) mass is 279 g/mol. The van der Waals surface area contributed by atoms with Gasteiger partial charge < -0.3 is 4.57 Å². The number of fused-ring (bicyclic) bond motifs is 2. The number of rotatable bonds is 3. The van der Waals surface area contributed by atoms with Crippen molar-refractivity contribution in [3.8, 4) is 0 Å². The predicted molar refractivity (Wildman–Crippen MR) is 90.1 cm³/mol. The maximum atomic E-state index is 12.8. The van der Waals surface area contributed by atoms with E-state index in [4.69, 9.17) is 0 Å². The Morgan fingerprint density at radius 3 is 2.43 bits per heavy atom. The lowest BCUT2D eigenvalue weighted by molar-refractivity contribution is 0.662. The fourth-order valence-electron chi connectivity index (χ4n) is 2.94. The topological polar surface area (TPSA) is 22.0 Å². The van der Waals surface area contributed by atoms with Crippen molar-refractivity contribution in [2.75, 3.05) is 0 Å². The van der Waals surface area contributed by atoms with Gasteiger partial charge in [-0.3, -0.25) is 4.79 Å². The van der Waals surface area contributed by atoms with Gasteiger partial charge in [0.2, 0.25) is 0 Å². The third-order valence-electron chi connectivity index (χ3n) is 4.32. The summed E-state index contributed by atoms with van der Waals surface area (Å²) in [5.41, 5.74) is 4.68. The number of aryl methyl sites for hydroxylation is 3. The normalized spacial score (nSPS) is 11.4. The summed E-state index contributed by atoms with van der Waals surface area (Å²) in [6.45, 7) is 7.33. The molecule has 2 aromatic carbocycles. The van der Waals surface area contributed by atoms with Crippen LogP contribution in [0.2, 0.25) is 0 Å². The molecule has 0 saturated carbocycles. The number of benzene rings is 2. The van der Waals surface area contributed by atoms with E-state index in [1.54, 1.807) is 0 Å². The van der Waals surface area contributed by atoms with Gasteiger partial charge in [0.1, 0.15) is 0 Å². The van der Waals surface area contributed by atoms with Crippen molar-refractivity contribution in [3.05, 3.63) is 57.7 Å². The fraction of sp³-hybridized carbons (Fsp3) is 0.316. The van der Waals surface area contributed by atoms with Crippen LogP contribution in [0.5, 0.6) is 0 Å². The third kappa shape index (κ3) is 2.25. The van der Waals surface area contributed by atoms with E-state index in [0.29, 0.717) is 0 Å². The first-order valence-corrected chi connectivity index (χ1v) is 7.66. The molecule has 108 valence electrons. The zero-order valence-corrected chi connectivity index (χ0v) is 12.9. The van der Waals surface area contributed by atoms with Gasteiger partial charge in [-0.25, -0.2) is 0 Å². The van der Waals surface area contributed by atoms with Gasteiger partial charge in [0.15, 0.2) is 5.43 Å². The molecular weight excluding hydrogens is 258 g/mol. The van der Waals surface area contributed by atoms with Crippen LogP contribution in [-0.2, 0) is 6.54 Å². The molecule has 0 unspecified atom stereocenters. The molecule has 0 aliphatic heterocycles. The quantitative estimate of drug-likeness (QED) is 0.644. The van der Waals surface area contributed by atoms with Crippen molar-refractivity contribution in [3.63, 3.8) is 0 Å². The molecule has 0 atom stereocenters. The second-order valence-electron chi connectivity index (χ2n) is 5.81. The van der Waals surface area contributed by atoms with Crippen LogP contribution in [0.15, 0.2) is 41.2 Å². The van der Waals surface area contributed by atoms with Gasteiger partial charge >= 0.3 is 0 Å². The lowest BCUT2D eigenvalue weighted by Crippen LogP contribution is -2.12. The molecule has 1 aromatic heterocycles. The Bertz CT molecular complexity index is 874. The van der Waals surface area contributed by atoms with Crippen LogP contribution in [-0.4, -0.2) is 4.57 Å².